The number of hydrogen-bond donors (Lipinski definition) is 3. The van der Waals surface area contributed by atoms with Gasteiger partial charge in [-0.05, 0) is 25.7 Å². The van der Waals surface area contributed by atoms with E-state index in [9.17, 15) is 4.79 Å². The van der Waals surface area contributed by atoms with E-state index in [0.717, 1.165) is 58.0 Å². The largest absolute Gasteiger partial charge is 0.409 e. The van der Waals surface area contributed by atoms with Crippen molar-refractivity contribution in [3.63, 3.8) is 0 Å². The molecule has 114 valence electrons. The third kappa shape index (κ3) is 3.62. The lowest BCUT2D eigenvalue weighted by atomic mass is 9.88. The minimum atomic E-state index is -0.680. The number of ether oxygens (including phenoxy) is 1. The number of amidine groups is 1. The number of nitrogens with one attached hydrogen (secondary N) is 1. The number of carbonyl (C=O) groups excluding carboxylic acids is 1. The Morgan fingerprint density at radius 1 is 1.30 bits per heavy atom. The zero-order chi connectivity index (χ0) is 14.4. The van der Waals surface area contributed by atoms with Gasteiger partial charge < -0.3 is 21.0 Å². The molecule has 2 fully saturated rings. The zero-order valence-corrected chi connectivity index (χ0v) is 11.9. The molecule has 6 nitrogen and oxygen atoms in total. The maximum absolute atomic E-state index is 12.2. The number of rotatable bonds is 4. The van der Waals surface area contributed by atoms with E-state index in [1.807, 2.05) is 0 Å². The summed E-state index contributed by atoms with van der Waals surface area (Å²) >= 11 is 0. The first-order valence-electron chi connectivity index (χ1n) is 7.57. The maximum atomic E-state index is 12.2. The molecule has 1 aliphatic heterocycles. The minimum Gasteiger partial charge on any atom is -0.409 e. The summed E-state index contributed by atoms with van der Waals surface area (Å²) in [4.78, 5) is 12.2. The van der Waals surface area contributed by atoms with Crippen molar-refractivity contribution in [1.82, 2.24) is 5.32 Å². The number of nitrogens with two attached hydrogens (primary N) is 1. The molecule has 0 aromatic heterocycles. The van der Waals surface area contributed by atoms with E-state index < -0.39 is 5.54 Å². The quantitative estimate of drug-likeness (QED) is 0.239. The van der Waals surface area contributed by atoms with Gasteiger partial charge in [0.15, 0.2) is 5.84 Å². The van der Waals surface area contributed by atoms with Crippen molar-refractivity contribution in [2.75, 3.05) is 6.61 Å². The Balaban J connectivity index is 2.00. The van der Waals surface area contributed by atoms with Gasteiger partial charge in [0.1, 0.15) is 5.54 Å². The van der Waals surface area contributed by atoms with E-state index in [-0.39, 0.29) is 17.8 Å². The van der Waals surface area contributed by atoms with Gasteiger partial charge in [-0.3, -0.25) is 4.79 Å². The normalized spacial score (nSPS) is 27.0. The van der Waals surface area contributed by atoms with Crippen molar-refractivity contribution in [3.05, 3.63) is 0 Å². The van der Waals surface area contributed by atoms with Gasteiger partial charge >= 0.3 is 0 Å². The third-order valence-corrected chi connectivity index (χ3v) is 4.37. The van der Waals surface area contributed by atoms with E-state index in [4.69, 9.17) is 15.7 Å². The Labute approximate surface area is 119 Å². The fourth-order valence-electron chi connectivity index (χ4n) is 3.20. The van der Waals surface area contributed by atoms with Crippen molar-refractivity contribution in [3.8, 4) is 0 Å². The van der Waals surface area contributed by atoms with E-state index in [1.165, 1.54) is 0 Å². The van der Waals surface area contributed by atoms with Crippen LogP contribution >= 0.6 is 0 Å². The molecule has 1 saturated carbocycles. The third-order valence-electron chi connectivity index (χ3n) is 4.37. The average molecular weight is 283 g/mol. The molecule has 0 bridgehead atoms. The van der Waals surface area contributed by atoms with E-state index in [2.05, 4.69) is 10.5 Å². The molecule has 0 aromatic rings. The smallest absolute Gasteiger partial charge is 0.223 e. The molecule has 1 aliphatic carbocycles. The standard InChI is InChI=1S/C14H25N3O3/c15-13(17-19)14(7-3-1-2-4-8-14)16-12(18)10-11-6-5-9-20-11/h11,19H,1-10H2,(H2,15,17)(H,16,18). The van der Waals surface area contributed by atoms with E-state index in [0.29, 0.717) is 6.42 Å². The molecular formula is C14H25N3O3. The summed E-state index contributed by atoms with van der Waals surface area (Å²) in [6.07, 6.45) is 8.02. The molecular weight excluding hydrogens is 258 g/mol. The van der Waals surface area contributed by atoms with Gasteiger partial charge in [-0.2, -0.15) is 0 Å². The average Bonchev–Trinajstić information content (AvgIpc) is 2.82. The number of oxime groups is 1. The number of nitrogens with zero attached hydrogens (tertiary/aromatic N) is 1. The maximum Gasteiger partial charge on any atom is 0.223 e. The van der Waals surface area contributed by atoms with Gasteiger partial charge in [0, 0.05) is 6.61 Å². The van der Waals surface area contributed by atoms with Crippen LogP contribution in [-0.4, -0.2) is 35.2 Å². The highest BCUT2D eigenvalue weighted by molar-refractivity contribution is 5.94. The Kier molecular flexibility index (Phi) is 5.23. The van der Waals surface area contributed by atoms with Crippen LogP contribution in [0.1, 0.15) is 57.8 Å². The fraction of sp³-hybridized carbons (Fsp3) is 0.857. The molecule has 1 amide bonds. The van der Waals surface area contributed by atoms with Crippen LogP contribution in [0.3, 0.4) is 0 Å². The monoisotopic (exact) mass is 283 g/mol. The molecule has 1 atom stereocenters. The molecule has 1 unspecified atom stereocenters. The molecule has 20 heavy (non-hydrogen) atoms. The fourth-order valence-corrected chi connectivity index (χ4v) is 3.20. The Hall–Kier alpha value is -1.30. The van der Waals surface area contributed by atoms with Crippen LogP contribution in [-0.2, 0) is 9.53 Å². The van der Waals surface area contributed by atoms with Crippen LogP contribution in [0, 0.1) is 0 Å². The number of amides is 1. The first-order valence-corrected chi connectivity index (χ1v) is 7.57. The second-order valence-corrected chi connectivity index (χ2v) is 5.87. The first kappa shape index (κ1) is 15.1. The molecule has 4 N–H and O–H groups in total. The molecule has 2 aliphatic rings. The van der Waals surface area contributed by atoms with Crippen molar-refractivity contribution in [1.29, 1.82) is 0 Å². The molecule has 1 saturated heterocycles. The number of carbonyl (C=O) groups is 1. The summed E-state index contributed by atoms with van der Waals surface area (Å²) in [5.41, 5.74) is 5.18. The van der Waals surface area contributed by atoms with Crippen molar-refractivity contribution in [2.24, 2.45) is 10.9 Å². The van der Waals surface area contributed by atoms with Crippen LogP contribution < -0.4 is 11.1 Å². The van der Waals surface area contributed by atoms with Gasteiger partial charge in [0.2, 0.25) is 5.91 Å². The van der Waals surface area contributed by atoms with Gasteiger partial charge in [-0.1, -0.05) is 30.8 Å². The zero-order valence-electron chi connectivity index (χ0n) is 11.9. The summed E-state index contributed by atoms with van der Waals surface area (Å²) in [7, 11) is 0. The topological polar surface area (TPSA) is 96.9 Å². The Bertz CT molecular complexity index is 357. The number of hydrogen-bond acceptors (Lipinski definition) is 4. The van der Waals surface area contributed by atoms with Crippen LogP contribution in [0.15, 0.2) is 5.16 Å². The second-order valence-electron chi connectivity index (χ2n) is 5.87. The summed E-state index contributed by atoms with van der Waals surface area (Å²) in [6, 6.07) is 0. The predicted octanol–water partition coefficient (Wildman–Crippen LogP) is 1.51. The molecule has 0 radical (unpaired) electrons. The summed E-state index contributed by atoms with van der Waals surface area (Å²) in [5, 5.41) is 15.2. The van der Waals surface area contributed by atoms with Crippen LogP contribution in [0.25, 0.3) is 0 Å². The van der Waals surface area contributed by atoms with Gasteiger partial charge in [0.05, 0.1) is 12.5 Å². The van der Waals surface area contributed by atoms with Gasteiger partial charge in [-0.15, -0.1) is 0 Å². The Morgan fingerprint density at radius 2 is 2.00 bits per heavy atom. The molecule has 0 aromatic carbocycles. The van der Waals surface area contributed by atoms with E-state index >= 15 is 0 Å². The Morgan fingerprint density at radius 3 is 2.55 bits per heavy atom. The highest BCUT2D eigenvalue weighted by Gasteiger charge is 2.37. The lowest BCUT2D eigenvalue weighted by Crippen LogP contribution is -2.57. The predicted molar refractivity (Wildman–Crippen MR) is 75.6 cm³/mol. The lowest BCUT2D eigenvalue weighted by Gasteiger charge is -2.32. The SMILES string of the molecule is NC(=NO)C1(NC(=O)CC2CCCO2)CCCCCC1. The highest BCUT2D eigenvalue weighted by atomic mass is 16.5. The van der Waals surface area contributed by atoms with Gasteiger partial charge in [0.25, 0.3) is 0 Å². The molecule has 1 heterocycles. The first-order chi connectivity index (χ1) is 9.66. The van der Waals surface area contributed by atoms with Crippen LogP contribution in [0.5, 0.6) is 0 Å². The summed E-state index contributed by atoms with van der Waals surface area (Å²) < 4.78 is 5.49. The summed E-state index contributed by atoms with van der Waals surface area (Å²) in [5.74, 6) is 0.0606. The van der Waals surface area contributed by atoms with E-state index in [1.54, 1.807) is 0 Å². The molecule has 6 heteroatoms. The molecule has 0 spiro atoms. The van der Waals surface area contributed by atoms with Crippen molar-refractivity contribution < 1.29 is 14.7 Å². The summed E-state index contributed by atoms with van der Waals surface area (Å²) in [6.45, 7) is 0.739. The highest BCUT2D eigenvalue weighted by Crippen LogP contribution is 2.28. The minimum absolute atomic E-state index is 0.0186. The lowest BCUT2D eigenvalue weighted by molar-refractivity contribution is -0.124. The van der Waals surface area contributed by atoms with Crippen molar-refractivity contribution >= 4 is 11.7 Å². The molecule has 2 rings (SSSR count). The van der Waals surface area contributed by atoms with Crippen LogP contribution in [0.2, 0.25) is 0 Å². The van der Waals surface area contributed by atoms with Crippen LogP contribution in [0.4, 0.5) is 0 Å². The van der Waals surface area contributed by atoms with Crippen molar-refractivity contribution in [2.45, 2.75) is 69.4 Å². The second kappa shape index (κ2) is 6.92. The van der Waals surface area contributed by atoms with Gasteiger partial charge in [-0.25, -0.2) is 0 Å².